The molecule has 0 nitrogen and oxygen atoms in total. The minimum Gasteiger partial charge on any atom is -0.0625 e. The fourth-order valence-corrected chi connectivity index (χ4v) is 5.34. The van der Waals surface area contributed by atoms with Crippen LogP contribution in [-0.4, -0.2) is 0 Å². The average molecular weight is 234 g/mol. The second-order valence-electron chi connectivity index (χ2n) is 7.42. The molecule has 2 unspecified atom stereocenters. The van der Waals surface area contributed by atoms with Crippen LogP contribution in [0.3, 0.4) is 0 Å². The van der Waals surface area contributed by atoms with Gasteiger partial charge in [-0.1, -0.05) is 58.3 Å². The van der Waals surface area contributed by atoms with Gasteiger partial charge in [0.05, 0.1) is 0 Å². The van der Waals surface area contributed by atoms with E-state index in [0.29, 0.717) is 0 Å². The monoisotopic (exact) mass is 234 g/mol. The minimum absolute atomic E-state index is 1.03. The normalized spacial score (nSPS) is 41.1. The molecule has 17 heavy (non-hydrogen) atoms. The summed E-state index contributed by atoms with van der Waals surface area (Å²) >= 11 is 0. The van der Waals surface area contributed by atoms with Crippen LogP contribution < -0.4 is 0 Å². The molecule has 0 heterocycles. The molecule has 3 fully saturated rings. The van der Waals surface area contributed by atoms with Crippen LogP contribution in [0.1, 0.15) is 77.6 Å². The molecule has 0 aromatic carbocycles. The zero-order chi connectivity index (χ0) is 11.7. The molecule has 0 spiro atoms. The first-order chi connectivity index (χ1) is 8.33. The maximum Gasteiger partial charge on any atom is -0.0381 e. The van der Waals surface area contributed by atoms with Crippen LogP contribution in [0.5, 0.6) is 0 Å². The molecule has 3 rings (SSSR count). The summed E-state index contributed by atoms with van der Waals surface area (Å²) in [6.45, 7) is 2.53. The van der Waals surface area contributed by atoms with Gasteiger partial charge in [0.15, 0.2) is 0 Å². The Morgan fingerprint density at radius 2 is 0.941 bits per heavy atom. The van der Waals surface area contributed by atoms with Crippen molar-refractivity contribution >= 4 is 0 Å². The maximum absolute atomic E-state index is 2.53. The summed E-state index contributed by atoms with van der Waals surface area (Å²) in [6, 6.07) is 0. The van der Waals surface area contributed by atoms with E-state index in [9.17, 15) is 0 Å². The highest BCUT2D eigenvalue weighted by atomic mass is 14.4. The van der Waals surface area contributed by atoms with Crippen molar-refractivity contribution in [1.29, 1.82) is 0 Å². The fraction of sp³-hybridized carbons (Fsp3) is 1.00. The predicted octanol–water partition coefficient (Wildman–Crippen LogP) is 5.42. The van der Waals surface area contributed by atoms with Crippen LogP contribution in [0.25, 0.3) is 0 Å². The number of hydrogen-bond donors (Lipinski definition) is 0. The van der Waals surface area contributed by atoms with Gasteiger partial charge in [-0.3, -0.25) is 0 Å². The summed E-state index contributed by atoms with van der Waals surface area (Å²) in [5, 5.41) is 0. The molecule has 0 aliphatic heterocycles. The summed E-state index contributed by atoms with van der Waals surface area (Å²) in [5.74, 6) is 5.52. The van der Waals surface area contributed by atoms with E-state index in [1.54, 1.807) is 44.9 Å². The van der Waals surface area contributed by atoms with Crippen molar-refractivity contribution in [3.8, 4) is 0 Å². The van der Waals surface area contributed by atoms with Crippen LogP contribution in [-0.2, 0) is 0 Å². The highest BCUT2D eigenvalue weighted by molar-refractivity contribution is 4.87. The molecule has 98 valence electrons. The molecule has 0 aromatic heterocycles. The van der Waals surface area contributed by atoms with Gasteiger partial charge in [0.1, 0.15) is 0 Å². The van der Waals surface area contributed by atoms with Crippen molar-refractivity contribution in [3.63, 3.8) is 0 Å². The predicted molar refractivity (Wildman–Crippen MR) is 73.9 cm³/mol. The van der Waals surface area contributed by atoms with Gasteiger partial charge in [-0.05, 0) is 48.9 Å². The van der Waals surface area contributed by atoms with Gasteiger partial charge in [-0.15, -0.1) is 0 Å². The lowest BCUT2D eigenvalue weighted by Crippen LogP contribution is -2.29. The lowest BCUT2D eigenvalue weighted by atomic mass is 9.67. The first kappa shape index (κ1) is 12.1. The molecule has 3 saturated carbocycles. The standard InChI is InChI=1S/C17H30/c1-13-10-16(14-6-2-3-7-14)12-17(11-13)15-8-4-5-9-15/h13-17H,2-12H2,1H3. The SMILES string of the molecule is CC1CC(C2CCCC2)CC(C2CCCC2)C1. The molecule has 0 saturated heterocycles. The second-order valence-corrected chi connectivity index (χ2v) is 7.42. The summed E-state index contributed by atoms with van der Waals surface area (Å²) in [6.07, 6.45) is 17.1. The van der Waals surface area contributed by atoms with Crippen molar-refractivity contribution in [3.05, 3.63) is 0 Å². The third-order valence-corrected chi connectivity index (χ3v) is 6.15. The molecule has 0 heteroatoms. The molecule has 2 atom stereocenters. The van der Waals surface area contributed by atoms with E-state index in [0.717, 1.165) is 29.6 Å². The van der Waals surface area contributed by atoms with Crippen LogP contribution in [0.4, 0.5) is 0 Å². The molecule has 3 aliphatic carbocycles. The van der Waals surface area contributed by atoms with E-state index in [1.807, 2.05) is 0 Å². The number of rotatable bonds is 2. The van der Waals surface area contributed by atoms with Crippen molar-refractivity contribution in [2.45, 2.75) is 77.6 Å². The van der Waals surface area contributed by atoms with Crippen molar-refractivity contribution in [2.75, 3.05) is 0 Å². The van der Waals surface area contributed by atoms with Crippen molar-refractivity contribution < 1.29 is 0 Å². The Morgan fingerprint density at radius 1 is 0.529 bits per heavy atom. The second kappa shape index (κ2) is 5.33. The van der Waals surface area contributed by atoms with Crippen molar-refractivity contribution in [2.24, 2.45) is 29.6 Å². The zero-order valence-corrected chi connectivity index (χ0v) is 11.7. The number of hydrogen-bond acceptors (Lipinski definition) is 0. The highest BCUT2D eigenvalue weighted by Gasteiger charge is 2.36. The van der Waals surface area contributed by atoms with E-state index < -0.39 is 0 Å². The third-order valence-electron chi connectivity index (χ3n) is 6.15. The third kappa shape index (κ3) is 2.71. The molecule has 3 aliphatic rings. The highest BCUT2D eigenvalue weighted by Crippen LogP contribution is 2.47. The minimum atomic E-state index is 1.03. The van der Waals surface area contributed by atoms with Crippen LogP contribution >= 0.6 is 0 Å². The molecule has 0 bridgehead atoms. The zero-order valence-electron chi connectivity index (χ0n) is 11.7. The maximum atomic E-state index is 2.53. The molecule has 0 aromatic rings. The Labute approximate surface area is 108 Å². The molecule has 0 radical (unpaired) electrons. The largest absolute Gasteiger partial charge is 0.0625 e. The Hall–Kier alpha value is 0. The smallest absolute Gasteiger partial charge is 0.0381 e. The van der Waals surface area contributed by atoms with E-state index in [1.165, 1.54) is 25.7 Å². The lowest BCUT2D eigenvalue weighted by molar-refractivity contribution is 0.116. The Morgan fingerprint density at radius 3 is 1.35 bits per heavy atom. The van der Waals surface area contributed by atoms with Crippen LogP contribution in [0, 0.1) is 29.6 Å². The van der Waals surface area contributed by atoms with Gasteiger partial charge in [0, 0.05) is 0 Å². The molecular weight excluding hydrogens is 204 g/mol. The van der Waals surface area contributed by atoms with E-state index >= 15 is 0 Å². The van der Waals surface area contributed by atoms with Gasteiger partial charge < -0.3 is 0 Å². The first-order valence-corrected chi connectivity index (χ1v) is 8.33. The summed E-state index contributed by atoms with van der Waals surface area (Å²) in [4.78, 5) is 0. The first-order valence-electron chi connectivity index (χ1n) is 8.33. The Bertz CT molecular complexity index is 208. The van der Waals surface area contributed by atoms with E-state index in [4.69, 9.17) is 0 Å². The Kier molecular flexibility index (Phi) is 3.78. The van der Waals surface area contributed by atoms with E-state index in [2.05, 4.69) is 6.92 Å². The lowest BCUT2D eigenvalue weighted by Gasteiger charge is -2.39. The topological polar surface area (TPSA) is 0 Å². The van der Waals surface area contributed by atoms with Gasteiger partial charge in [-0.2, -0.15) is 0 Å². The summed E-state index contributed by atoms with van der Waals surface area (Å²) in [7, 11) is 0. The van der Waals surface area contributed by atoms with Gasteiger partial charge in [0.2, 0.25) is 0 Å². The van der Waals surface area contributed by atoms with E-state index in [-0.39, 0.29) is 0 Å². The molecule has 0 N–H and O–H groups in total. The summed E-state index contributed by atoms with van der Waals surface area (Å²) < 4.78 is 0. The van der Waals surface area contributed by atoms with Crippen LogP contribution in [0.15, 0.2) is 0 Å². The van der Waals surface area contributed by atoms with Crippen molar-refractivity contribution in [1.82, 2.24) is 0 Å². The average Bonchev–Trinajstić information content (AvgIpc) is 3.02. The van der Waals surface area contributed by atoms with Gasteiger partial charge in [0.25, 0.3) is 0 Å². The van der Waals surface area contributed by atoms with Gasteiger partial charge in [-0.25, -0.2) is 0 Å². The summed E-state index contributed by atoms with van der Waals surface area (Å²) in [5.41, 5.74) is 0. The molecular formula is C17H30. The Balaban J connectivity index is 1.61. The molecule has 0 amide bonds. The quantitative estimate of drug-likeness (QED) is 0.598. The van der Waals surface area contributed by atoms with Crippen LogP contribution in [0.2, 0.25) is 0 Å². The van der Waals surface area contributed by atoms with Gasteiger partial charge >= 0.3 is 0 Å². The fourth-order valence-electron chi connectivity index (χ4n) is 5.34.